The monoisotopic (exact) mass is 279 g/mol. The molecule has 6 nitrogen and oxygen atoms in total. The minimum atomic E-state index is 0.0964. The zero-order chi connectivity index (χ0) is 14.4. The van der Waals surface area contributed by atoms with Gasteiger partial charge in [-0.1, -0.05) is 6.92 Å². The fraction of sp³-hybridized carbons (Fsp3) is 0.500. The number of aliphatic hydroxyl groups excluding tert-OH is 1. The summed E-state index contributed by atoms with van der Waals surface area (Å²) in [6, 6.07) is 5.57. The predicted molar refractivity (Wildman–Crippen MR) is 78.4 cm³/mol. The summed E-state index contributed by atoms with van der Waals surface area (Å²) in [4.78, 5) is 4.17. The zero-order valence-electron chi connectivity index (χ0n) is 11.6. The lowest BCUT2D eigenvalue weighted by molar-refractivity contribution is 0.242. The lowest BCUT2D eigenvalue weighted by Crippen LogP contribution is -2.24. The van der Waals surface area contributed by atoms with E-state index >= 15 is 0 Å². The highest BCUT2D eigenvalue weighted by molar-refractivity contribution is 5.92. The standard InChI is InChI=1S/C14H21N3O3/c1-10(9-18)8-16-14(15)17-11-3-4-12-13(7-11)20-6-2-5-19-12/h3-4,7,10,18H,2,5-6,8-9H2,1H3,(H3,15,16,17). The normalized spacial score (nSPS) is 16.4. The molecule has 0 saturated heterocycles. The Kier molecular flexibility index (Phi) is 5.06. The Labute approximate surface area is 118 Å². The van der Waals surface area contributed by atoms with Gasteiger partial charge in [0, 0.05) is 31.3 Å². The van der Waals surface area contributed by atoms with Crippen molar-refractivity contribution in [3.8, 4) is 11.5 Å². The first-order valence-corrected chi connectivity index (χ1v) is 6.76. The lowest BCUT2D eigenvalue weighted by Gasteiger charge is -2.11. The van der Waals surface area contributed by atoms with Crippen molar-refractivity contribution in [3.05, 3.63) is 18.2 Å². The molecule has 1 unspecified atom stereocenters. The third-order valence-electron chi connectivity index (χ3n) is 2.90. The molecule has 1 atom stereocenters. The molecular formula is C14H21N3O3. The van der Waals surface area contributed by atoms with Crippen molar-refractivity contribution in [2.75, 3.05) is 31.7 Å². The number of hydrogen-bond donors (Lipinski definition) is 3. The highest BCUT2D eigenvalue weighted by atomic mass is 16.5. The van der Waals surface area contributed by atoms with E-state index in [1.807, 2.05) is 25.1 Å². The van der Waals surface area contributed by atoms with Crippen LogP contribution in [0.25, 0.3) is 0 Å². The van der Waals surface area contributed by atoms with Crippen molar-refractivity contribution in [2.24, 2.45) is 16.6 Å². The van der Waals surface area contributed by atoms with Gasteiger partial charge in [0.2, 0.25) is 0 Å². The van der Waals surface area contributed by atoms with Crippen molar-refractivity contribution in [1.29, 1.82) is 0 Å². The molecule has 1 aliphatic heterocycles. The number of aliphatic imine (C=N–C) groups is 1. The van der Waals surface area contributed by atoms with Gasteiger partial charge in [-0.2, -0.15) is 0 Å². The van der Waals surface area contributed by atoms with E-state index in [4.69, 9.17) is 20.3 Å². The number of benzene rings is 1. The number of anilines is 1. The average Bonchev–Trinajstić information content (AvgIpc) is 2.69. The number of hydrogen-bond acceptors (Lipinski definition) is 4. The molecule has 20 heavy (non-hydrogen) atoms. The van der Waals surface area contributed by atoms with E-state index in [0.717, 1.165) is 17.9 Å². The molecule has 6 heteroatoms. The SMILES string of the molecule is CC(CO)CN=C(N)Nc1ccc2c(c1)OCCCO2. The number of rotatable bonds is 4. The molecule has 0 spiro atoms. The largest absolute Gasteiger partial charge is 0.490 e. The molecular weight excluding hydrogens is 258 g/mol. The summed E-state index contributed by atoms with van der Waals surface area (Å²) in [5.74, 6) is 1.88. The highest BCUT2D eigenvalue weighted by Gasteiger charge is 2.10. The molecule has 2 rings (SSSR count). The van der Waals surface area contributed by atoms with Gasteiger partial charge in [-0.05, 0) is 18.1 Å². The minimum absolute atomic E-state index is 0.0964. The molecule has 1 aliphatic rings. The molecule has 0 aliphatic carbocycles. The number of guanidine groups is 1. The second-order valence-electron chi connectivity index (χ2n) is 4.85. The van der Waals surface area contributed by atoms with Crippen LogP contribution < -0.4 is 20.5 Å². The van der Waals surface area contributed by atoms with Crippen molar-refractivity contribution < 1.29 is 14.6 Å². The van der Waals surface area contributed by atoms with Crippen LogP contribution >= 0.6 is 0 Å². The average molecular weight is 279 g/mol. The van der Waals surface area contributed by atoms with E-state index < -0.39 is 0 Å². The fourth-order valence-electron chi connectivity index (χ4n) is 1.74. The van der Waals surface area contributed by atoms with E-state index in [9.17, 15) is 0 Å². The summed E-state index contributed by atoms with van der Waals surface area (Å²) in [5, 5.41) is 11.9. The number of aliphatic hydroxyl groups is 1. The molecule has 0 saturated carbocycles. The number of nitrogens with zero attached hydrogens (tertiary/aromatic N) is 1. The molecule has 0 aromatic heterocycles. The Bertz CT molecular complexity index is 477. The van der Waals surface area contributed by atoms with Crippen molar-refractivity contribution in [1.82, 2.24) is 0 Å². The molecule has 1 aromatic rings. The van der Waals surface area contributed by atoms with Gasteiger partial charge in [0.1, 0.15) is 0 Å². The molecule has 1 heterocycles. The molecule has 0 fully saturated rings. The smallest absolute Gasteiger partial charge is 0.193 e. The Balaban J connectivity index is 2.01. The summed E-state index contributed by atoms with van der Waals surface area (Å²) in [5.41, 5.74) is 6.60. The molecule has 0 bridgehead atoms. The topological polar surface area (TPSA) is 89.1 Å². The molecule has 110 valence electrons. The Morgan fingerprint density at radius 2 is 2.15 bits per heavy atom. The predicted octanol–water partition coefficient (Wildman–Crippen LogP) is 1.20. The van der Waals surface area contributed by atoms with Crippen LogP contribution in [-0.2, 0) is 0 Å². The van der Waals surface area contributed by atoms with E-state index in [1.165, 1.54) is 0 Å². The Morgan fingerprint density at radius 3 is 2.90 bits per heavy atom. The van der Waals surface area contributed by atoms with Crippen LogP contribution in [0.2, 0.25) is 0 Å². The lowest BCUT2D eigenvalue weighted by atomic mass is 10.2. The van der Waals surface area contributed by atoms with Crippen LogP contribution in [0.1, 0.15) is 13.3 Å². The van der Waals surface area contributed by atoms with Crippen LogP contribution in [0, 0.1) is 5.92 Å². The summed E-state index contributed by atoms with van der Waals surface area (Å²) in [6.45, 7) is 3.81. The number of fused-ring (bicyclic) bond motifs is 1. The Hall–Kier alpha value is -1.95. The van der Waals surface area contributed by atoms with Crippen LogP contribution in [0.15, 0.2) is 23.2 Å². The molecule has 0 radical (unpaired) electrons. The van der Waals surface area contributed by atoms with Gasteiger partial charge in [0.05, 0.1) is 13.2 Å². The van der Waals surface area contributed by atoms with E-state index in [2.05, 4.69) is 10.3 Å². The zero-order valence-corrected chi connectivity index (χ0v) is 11.6. The van der Waals surface area contributed by atoms with Gasteiger partial charge >= 0.3 is 0 Å². The van der Waals surface area contributed by atoms with E-state index in [0.29, 0.717) is 31.5 Å². The maximum atomic E-state index is 8.94. The van der Waals surface area contributed by atoms with Crippen molar-refractivity contribution in [2.45, 2.75) is 13.3 Å². The third-order valence-corrected chi connectivity index (χ3v) is 2.90. The second-order valence-corrected chi connectivity index (χ2v) is 4.85. The summed E-state index contributed by atoms with van der Waals surface area (Å²) < 4.78 is 11.2. The van der Waals surface area contributed by atoms with Crippen LogP contribution in [-0.4, -0.2) is 37.4 Å². The minimum Gasteiger partial charge on any atom is -0.490 e. The highest BCUT2D eigenvalue weighted by Crippen LogP contribution is 2.32. The summed E-state index contributed by atoms with van der Waals surface area (Å²) in [6.07, 6.45) is 0.875. The maximum Gasteiger partial charge on any atom is 0.193 e. The molecule has 4 N–H and O–H groups in total. The second kappa shape index (κ2) is 7.00. The van der Waals surface area contributed by atoms with Crippen LogP contribution in [0.4, 0.5) is 5.69 Å². The van der Waals surface area contributed by atoms with Crippen LogP contribution in [0.5, 0.6) is 11.5 Å². The number of ether oxygens (including phenoxy) is 2. The maximum absolute atomic E-state index is 8.94. The van der Waals surface area contributed by atoms with E-state index in [-0.39, 0.29) is 12.5 Å². The van der Waals surface area contributed by atoms with Gasteiger partial charge in [-0.25, -0.2) is 0 Å². The first-order valence-electron chi connectivity index (χ1n) is 6.76. The van der Waals surface area contributed by atoms with Gasteiger partial charge in [0.15, 0.2) is 17.5 Å². The third kappa shape index (κ3) is 4.03. The number of nitrogens with one attached hydrogen (secondary N) is 1. The van der Waals surface area contributed by atoms with Crippen molar-refractivity contribution >= 4 is 11.6 Å². The summed E-state index contributed by atoms with van der Waals surface area (Å²) in [7, 11) is 0. The molecule has 0 amide bonds. The quantitative estimate of drug-likeness (QED) is 0.569. The first kappa shape index (κ1) is 14.5. The van der Waals surface area contributed by atoms with Gasteiger partial charge in [0.25, 0.3) is 0 Å². The summed E-state index contributed by atoms with van der Waals surface area (Å²) >= 11 is 0. The number of nitrogens with two attached hydrogens (primary N) is 1. The van der Waals surface area contributed by atoms with Crippen LogP contribution in [0.3, 0.4) is 0 Å². The Morgan fingerprint density at radius 1 is 1.40 bits per heavy atom. The van der Waals surface area contributed by atoms with Gasteiger partial charge in [-0.3, -0.25) is 4.99 Å². The van der Waals surface area contributed by atoms with Gasteiger partial charge < -0.3 is 25.6 Å². The van der Waals surface area contributed by atoms with E-state index in [1.54, 1.807) is 0 Å². The first-order chi connectivity index (χ1) is 9.69. The molecule has 1 aromatic carbocycles. The fourth-order valence-corrected chi connectivity index (χ4v) is 1.74. The van der Waals surface area contributed by atoms with Crippen molar-refractivity contribution in [3.63, 3.8) is 0 Å². The van der Waals surface area contributed by atoms with Gasteiger partial charge in [-0.15, -0.1) is 0 Å².